The lowest BCUT2D eigenvalue weighted by Gasteiger charge is -2.39. The molecular formula is C19H32O4. The van der Waals surface area contributed by atoms with E-state index in [9.17, 15) is 0 Å². The predicted molar refractivity (Wildman–Crippen MR) is 87.3 cm³/mol. The van der Waals surface area contributed by atoms with Gasteiger partial charge in [-0.2, -0.15) is 0 Å². The van der Waals surface area contributed by atoms with Gasteiger partial charge < -0.3 is 18.9 Å². The highest BCUT2D eigenvalue weighted by Crippen LogP contribution is 2.52. The highest BCUT2D eigenvalue weighted by molar-refractivity contribution is 4.95. The van der Waals surface area contributed by atoms with Crippen LogP contribution in [0.5, 0.6) is 0 Å². The Bertz CT molecular complexity index is 380. The predicted octanol–water partition coefficient (Wildman–Crippen LogP) is 2.75. The van der Waals surface area contributed by atoms with E-state index in [2.05, 4.69) is 13.8 Å². The van der Waals surface area contributed by atoms with Crippen LogP contribution in [0.2, 0.25) is 0 Å². The van der Waals surface area contributed by atoms with Crippen molar-refractivity contribution in [2.75, 3.05) is 52.9 Å². The molecule has 2 saturated heterocycles. The zero-order valence-corrected chi connectivity index (χ0v) is 14.7. The minimum Gasteiger partial charge on any atom is -0.380 e. The maximum Gasteiger partial charge on any atom is 0.0564 e. The Morgan fingerprint density at radius 3 is 1.61 bits per heavy atom. The van der Waals surface area contributed by atoms with E-state index in [4.69, 9.17) is 18.9 Å². The Morgan fingerprint density at radius 1 is 0.783 bits per heavy atom. The molecule has 0 radical (unpaired) electrons. The highest BCUT2D eigenvalue weighted by Gasteiger charge is 2.46. The summed E-state index contributed by atoms with van der Waals surface area (Å²) in [6.45, 7) is 11.6. The largest absolute Gasteiger partial charge is 0.380 e. The van der Waals surface area contributed by atoms with Gasteiger partial charge in [0.25, 0.3) is 0 Å². The van der Waals surface area contributed by atoms with E-state index in [1.165, 1.54) is 19.3 Å². The minimum absolute atomic E-state index is 0.278. The van der Waals surface area contributed by atoms with Crippen LogP contribution in [0.4, 0.5) is 0 Å². The number of ether oxygens (including phenoxy) is 4. The third-order valence-electron chi connectivity index (χ3n) is 6.46. The average molecular weight is 324 g/mol. The fourth-order valence-electron chi connectivity index (χ4n) is 5.01. The lowest BCUT2D eigenvalue weighted by molar-refractivity contribution is -0.146. The monoisotopic (exact) mass is 324 g/mol. The highest BCUT2D eigenvalue weighted by atomic mass is 16.5. The molecule has 4 rings (SSSR count). The molecule has 23 heavy (non-hydrogen) atoms. The second kappa shape index (κ2) is 6.29. The molecule has 132 valence electrons. The summed E-state index contributed by atoms with van der Waals surface area (Å²) in [5, 5.41) is 0. The average Bonchev–Trinajstić information content (AvgIpc) is 3.03. The Balaban J connectivity index is 1.18. The van der Waals surface area contributed by atoms with Crippen LogP contribution in [-0.4, -0.2) is 52.9 Å². The van der Waals surface area contributed by atoms with Crippen LogP contribution >= 0.6 is 0 Å². The summed E-state index contributed by atoms with van der Waals surface area (Å²) in [7, 11) is 0. The first-order chi connectivity index (χ1) is 11.1. The standard InChI is InChI=1S/C19H32O4/c1-18(10-22-11-18)8-20-6-15-3-14-4-16(17(15)5-14)7-21-9-19(2)12-23-13-19/h14-17H,3-13H2,1-2H3. The van der Waals surface area contributed by atoms with E-state index in [1.807, 2.05) is 0 Å². The van der Waals surface area contributed by atoms with Crippen molar-refractivity contribution in [2.24, 2.45) is 34.5 Å². The van der Waals surface area contributed by atoms with Gasteiger partial charge in [-0.1, -0.05) is 13.8 Å². The maximum atomic E-state index is 6.07. The zero-order valence-electron chi connectivity index (χ0n) is 14.7. The molecule has 4 heteroatoms. The molecule has 4 nitrogen and oxygen atoms in total. The normalized spacial score (nSPS) is 39.9. The van der Waals surface area contributed by atoms with Crippen molar-refractivity contribution in [1.29, 1.82) is 0 Å². The molecule has 0 N–H and O–H groups in total. The second-order valence-electron chi connectivity index (χ2n) is 9.39. The molecule has 4 aliphatic rings. The quantitative estimate of drug-likeness (QED) is 0.688. The lowest BCUT2D eigenvalue weighted by Crippen LogP contribution is -2.44. The van der Waals surface area contributed by atoms with Gasteiger partial charge in [-0.15, -0.1) is 0 Å². The lowest BCUT2D eigenvalue weighted by atomic mass is 9.81. The van der Waals surface area contributed by atoms with Crippen LogP contribution in [0.15, 0.2) is 0 Å². The first-order valence-corrected chi connectivity index (χ1v) is 9.36. The molecule has 2 heterocycles. The SMILES string of the molecule is CC1(COCC2CC3CC(COCC4(C)COC4)C2C3)COC1. The first-order valence-electron chi connectivity index (χ1n) is 9.36. The molecule has 2 aliphatic carbocycles. The number of hydrogen-bond acceptors (Lipinski definition) is 4. The Kier molecular flexibility index (Phi) is 4.46. The molecule has 4 fully saturated rings. The maximum absolute atomic E-state index is 6.07. The third kappa shape index (κ3) is 3.46. The van der Waals surface area contributed by atoms with Crippen LogP contribution in [0.1, 0.15) is 33.1 Å². The number of fused-ring (bicyclic) bond motifs is 2. The minimum atomic E-state index is 0.278. The summed E-state index contributed by atoms with van der Waals surface area (Å²) in [6.07, 6.45) is 4.16. The Labute approximate surface area is 140 Å². The number of hydrogen-bond donors (Lipinski definition) is 0. The molecular weight excluding hydrogens is 292 g/mol. The summed E-state index contributed by atoms with van der Waals surface area (Å²) < 4.78 is 22.8. The van der Waals surface area contributed by atoms with Crippen molar-refractivity contribution >= 4 is 0 Å². The van der Waals surface area contributed by atoms with Gasteiger partial charge in [0.15, 0.2) is 0 Å². The van der Waals surface area contributed by atoms with Gasteiger partial charge >= 0.3 is 0 Å². The summed E-state index contributed by atoms with van der Waals surface area (Å²) in [5.74, 6) is 3.27. The molecule has 0 aromatic carbocycles. The van der Waals surface area contributed by atoms with Crippen molar-refractivity contribution in [3.63, 3.8) is 0 Å². The van der Waals surface area contributed by atoms with Crippen molar-refractivity contribution in [3.8, 4) is 0 Å². The van der Waals surface area contributed by atoms with Gasteiger partial charge in [0.05, 0.1) is 39.6 Å². The van der Waals surface area contributed by atoms with Gasteiger partial charge in [-0.05, 0) is 42.9 Å². The summed E-state index contributed by atoms with van der Waals surface area (Å²) >= 11 is 0. The van der Waals surface area contributed by atoms with E-state index in [0.717, 1.165) is 76.5 Å². The molecule has 2 unspecified atom stereocenters. The van der Waals surface area contributed by atoms with Crippen molar-refractivity contribution < 1.29 is 18.9 Å². The molecule has 0 aromatic heterocycles. The van der Waals surface area contributed by atoms with Crippen molar-refractivity contribution in [3.05, 3.63) is 0 Å². The van der Waals surface area contributed by atoms with E-state index >= 15 is 0 Å². The molecule has 2 atom stereocenters. The fraction of sp³-hybridized carbons (Fsp3) is 1.00. The topological polar surface area (TPSA) is 36.9 Å². The summed E-state index contributed by atoms with van der Waals surface area (Å²) in [4.78, 5) is 0. The van der Waals surface area contributed by atoms with Crippen LogP contribution < -0.4 is 0 Å². The first kappa shape index (κ1) is 16.3. The molecule has 0 amide bonds. The molecule has 0 spiro atoms. The van der Waals surface area contributed by atoms with Gasteiger partial charge in [0.2, 0.25) is 0 Å². The van der Waals surface area contributed by atoms with Gasteiger partial charge in [0, 0.05) is 24.0 Å². The zero-order chi connectivity index (χ0) is 15.9. The van der Waals surface area contributed by atoms with Crippen molar-refractivity contribution in [1.82, 2.24) is 0 Å². The Hall–Kier alpha value is -0.160. The Morgan fingerprint density at radius 2 is 1.26 bits per heavy atom. The van der Waals surface area contributed by atoms with Crippen LogP contribution in [0.25, 0.3) is 0 Å². The van der Waals surface area contributed by atoms with E-state index in [-0.39, 0.29) is 10.8 Å². The van der Waals surface area contributed by atoms with Gasteiger partial charge in [-0.25, -0.2) is 0 Å². The summed E-state index contributed by atoms with van der Waals surface area (Å²) in [5.41, 5.74) is 0.556. The fourth-order valence-corrected chi connectivity index (χ4v) is 5.01. The van der Waals surface area contributed by atoms with Crippen LogP contribution in [0.3, 0.4) is 0 Å². The molecule has 0 aromatic rings. The molecule has 2 saturated carbocycles. The van der Waals surface area contributed by atoms with E-state index < -0.39 is 0 Å². The van der Waals surface area contributed by atoms with Crippen LogP contribution in [-0.2, 0) is 18.9 Å². The van der Waals surface area contributed by atoms with E-state index in [0.29, 0.717) is 0 Å². The third-order valence-corrected chi connectivity index (χ3v) is 6.46. The number of rotatable bonds is 8. The van der Waals surface area contributed by atoms with Crippen LogP contribution in [0, 0.1) is 34.5 Å². The molecule has 2 bridgehead atoms. The van der Waals surface area contributed by atoms with Crippen molar-refractivity contribution in [2.45, 2.75) is 33.1 Å². The summed E-state index contributed by atoms with van der Waals surface area (Å²) in [6, 6.07) is 0. The van der Waals surface area contributed by atoms with E-state index in [1.54, 1.807) is 0 Å². The molecule has 2 aliphatic heterocycles. The van der Waals surface area contributed by atoms with Gasteiger partial charge in [-0.3, -0.25) is 0 Å². The second-order valence-corrected chi connectivity index (χ2v) is 9.39. The smallest absolute Gasteiger partial charge is 0.0564 e. The van der Waals surface area contributed by atoms with Gasteiger partial charge in [0.1, 0.15) is 0 Å².